The highest BCUT2D eigenvalue weighted by molar-refractivity contribution is 5.69. The van der Waals surface area contributed by atoms with Gasteiger partial charge >= 0.3 is 11.9 Å². The maximum atomic E-state index is 12.0. The second-order valence-electron chi connectivity index (χ2n) is 13.1. The van der Waals surface area contributed by atoms with Gasteiger partial charge in [-0.15, -0.1) is 0 Å². The molecule has 44 heavy (non-hydrogen) atoms. The van der Waals surface area contributed by atoms with Gasteiger partial charge in [0.15, 0.2) is 0 Å². The summed E-state index contributed by atoms with van der Waals surface area (Å²) in [5.41, 5.74) is 0. The highest BCUT2D eigenvalue weighted by Gasteiger charge is 2.36. The molecule has 1 N–H and O–H groups in total. The van der Waals surface area contributed by atoms with Gasteiger partial charge in [-0.25, -0.2) is 0 Å². The van der Waals surface area contributed by atoms with Gasteiger partial charge in [-0.2, -0.15) is 0 Å². The molecule has 1 aliphatic rings. The summed E-state index contributed by atoms with van der Waals surface area (Å²) in [6.07, 6.45) is 35.7. The van der Waals surface area contributed by atoms with Gasteiger partial charge in [0.25, 0.3) is 0 Å². The standard InChI is InChI=1S/C38H70O6/c1-3-5-7-9-11-12-13-14-15-16-17-18-22-26-30-37(40)42-32-34(39)33-43-38(41)31-27-23-19-21-25-29-36-35(44-36)28-24-20-10-8-6-4-2/h20,24,34-36,39H,3-19,21-23,25-33H2,1-2H3/b24-20-/t34-,35?,36?/m1/s1. The fourth-order valence-electron chi connectivity index (χ4n) is 5.68. The van der Waals surface area contributed by atoms with Crippen molar-refractivity contribution in [1.29, 1.82) is 0 Å². The summed E-state index contributed by atoms with van der Waals surface area (Å²) in [5, 5.41) is 10.0. The second-order valence-corrected chi connectivity index (χ2v) is 13.1. The number of allylic oxidation sites excluding steroid dienone is 1. The SMILES string of the molecule is CCCCC/C=C\CC1OC1CCCCCCCC(=O)OC[C@H](O)COC(=O)CCCCCCCCCCCCCCCC. The molecule has 3 atom stereocenters. The van der Waals surface area contributed by atoms with Gasteiger partial charge < -0.3 is 19.3 Å². The van der Waals surface area contributed by atoms with E-state index in [-0.39, 0.29) is 25.2 Å². The van der Waals surface area contributed by atoms with Crippen LogP contribution in [0, 0.1) is 0 Å². The molecular weight excluding hydrogens is 552 g/mol. The molecule has 6 heteroatoms. The van der Waals surface area contributed by atoms with Crippen molar-refractivity contribution in [2.24, 2.45) is 0 Å². The molecule has 0 saturated carbocycles. The number of ether oxygens (including phenoxy) is 3. The van der Waals surface area contributed by atoms with Crippen molar-refractivity contribution in [2.45, 2.75) is 206 Å². The summed E-state index contributed by atoms with van der Waals surface area (Å²) in [6.45, 7) is 4.26. The quantitative estimate of drug-likeness (QED) is 0.0339. The van der Waals surface area contributed by atoms with Crippen LogP contribution in [0.15, 0.2) is 12.2 Å². The molecule has 0 aromatic heterocycles. The molecule has 0 aromatic carbocycles. The van der Waals surface area contributed by atoms with Gasteiger partial charge in [-0.3, -0.25) is 9.59 Å². The minimum atomic E-state index is -0.968. The van der Waals surface area contributed by atoms with Gasteiger partial charge in [0.05, 0.1) is 12.2 Å². The Bertz CT molecular complexity index is 693. The first kappa shape index (κ1) is 40.6. The normalized spacial score (nSPS) is 16.8. The largest absolute Gasteiger partial charge is 0.463 e. The molecular formula is C38H70O6. The highest BCUT2D eigenvalue weighted by atomic mass is 16.6. The van der Waals surface area contributed by atoms with E-state index in [4.69, 9.17) is 14.2 Å². The van der Waals surface area contributed by atoms with E-state index < -0.39 is 6.10 Å². The van der Waals surface area contributed by atoms with Crippen LogP contribution in [-0.4, -0.2) is 48.6 Å². The summed E-state index contributed by atoms with van der Waals surface area (Å²) < 4.78 is 16.1. The Morgan fingerprint density at radius 2 is 1.02 bits per heavy atom. The molecule has 0 aliphatic carbocycles. The van der Waals surface area contributed by atoms with Crippen LogP contribution in [0.1, 0.15) is 187 Å². The summed E-state index contributed by atoms with van der Waals surface area (Å²) in [6, 6.07) is 0. The minimum absolute atomic E-state index is 0.120. The van der Waals surface area contributed by atoms with E-state index in [2.05, 4.69) is 26.0 Å². The topological polar surface area (TPSA) is 85.4 Å². The first-order chi connectivity index (χ1) is 21.6. The number of hydrogen-bond acceptors (Lipinski definition) is 6. The van der Waals surface area contributed by atoms with E-state index >= 15 is 0 Å². The average molecular weight is 623 g/mol. The minimum Gasteiger partial charge on any atom is -0.463 e. The molecule has 0 spiro atoms. The Morgan fingerprint density at radius 1 is 0.591 bits per heavy atom. The molecule has 1 heterocycles. The van der Waals surface area contributed by atoms with E-state index in [1.165, 1.54) is 103 Å². The van der Waals surface area contributed by atoms with Crippen molar-refractivity contribution >= 4 is 11.9 Å². The molecule has 0 radical (unpaired) electrons. The lowest BCUT2D eigenvalue weighted by Crippen LogP contribution is -2.25. The van der Waals surface area contributed by atoms with Gasteiger partial charge in [0.1, 0.15) is 19.3 Å². The smallest absolute Gasteiger partial charge is 0.305 e. The first-order valence-electron chi connectivity index (χ1n) is 18.9. The van der Waals surface area contributed by atoms with Gasteiger partial charge in [-0.05, 0) is 38.5 Å². The number of rotatable bonds is 33. The Kier molecular flexibility index (Phi) is 27.9. The maximum Gasteiger partial charge on any atom is 0.305 e. The Balaban J connectivity index is 1.82. The fraction of sp³-hybridized carbons (Fsp3) is 0.895. The number of epoxide rings is 1. The molecule has 1 saturated heterocycles. The molecule has 6 nitrogen and oxygen atoms in total. The number of aliphatic hydroxyl groups is 1. The second kappa shape index (κ2) is 30.3. The van der Waals surface area contributed by atoms with Crippen LogP contribution in [0.3, 0.4) is 0 Å². The third-order valence-electron chi connectivity index (χ3n) is 8.67. The zero-order chi connectivity index (χ0) is 31.9. The third kappa shape index (κ3) is 27.0. The number of aliphatic hydroxyl groups excluding tert-OH is 1. The number of carbonyl (C=O) groups excluding carboxylic acids is 2. The van der Waals surface area contributed by atoms with Crippen LogP contribution in [0.5, 0.6) is 0 Å². The summed E-state index contributed by atoms with van der Waals surface area (Å²) in [4.78, 5) is 23.9. The van der Waals surface area contributed by atoms with E-state index in [0.29, 0.717) is 25.0 Å². The van der Waals surface area contributed by atoms with Crippen molar-refractivity contribution in [2.75, 3.05) is 13.2 Å². The van der Waals surface area contributed by atoms with Crippen LogP contribution in [0.4, 0.5) is 0 Å². The van der Waals surface area contributed by atoms with Crippen LogP contribution in [0.25, 0.3) is 0 Å². The van der Waals surface area contributed by atoms with Crippen LogP contribution in [0.2, 0.25) is 0 Å². The van der Waals surface area contributed by atoms with Crippen LogP contribution in [-0.2, 0) is 23.8 Å². The fourth-order valence-corrected chi connectivity index (χ4v) is 5.68. The molecule has 1 rings (SSSR count). The van der Waals surface area contributed by atoms with Gasteiger partial charge in [-0.1, -0.05) is 148 Å². The zero-order valence-electron chi connectivity index (χ0n) is 28.9. The lowest BCUT2D eigenvalue weighted by molar-refractivity contribution is -0.152. The predicted octanol–water partition coefficient (Wildman–Crippen LogP) is 10.3. The number of carbonyl (C=O) groups is 2. The first-order valence-corrected chi connectivity index (χ1v) is 18.9. The maximum absolute atomic E-state index is 12.0. The zero-order valence-corrected chi connectivity index (χ0v) is 28.9. The van der Waals surface area contributed by atoms with Crippen molar-refractivity contribution in [3.8, 4) is 0 Å². The lowest BCUT2D eigenvalue weighted by atomic mass is 10.0. The Hall–Kier alpha value is -1.40. The Morgan fingerprint density at radius 3 is 1.52 bits per heavy atom. The van der Waals surface area contributed by atoms with Crippen LogP contribution >= 0.6 is 0 Å². The van der Waals surface area contributed by atoms with Gasteiger partial charge in [0, 0.05) is 12.8 Å². The van der Waals surface area contributed by atoms with Crippen molar-refractivity contribution in [3.63, 3.8) is 0 Å². The van der Waals surface area contributed by atoms with Crippen molar-refractivity contribution in [3.05, 3.63) is 12.2 Å². The van der Waals surface area contributed by atoms with E-state index in [1.54, 1.807) is 0 Å². The van der Waals surface area contributed by atoms with Crippen molar-refractivity contribution in [1.82, 2.24) is 0 Å². The molecule has 1 fully saturated rings. The average Bonchev–Trinajstić information content (AvgIpc) is 3.78. The third-order valence-corrected chi connectivity index (χ3v) is 8.67. The molecule has 0 amide bonds. The number of unbranched alkanes of at least 4 members (excludes halogenated alkanes) is 20. The summed E-state index contributed by atoms with van der Waals surface area (Å²) >= 11 is 0. The molecule has 2 unspecified atom stereocenters. The molecule has 1 aliphatic heterocycles. The lowest BCUT2D eigenvalue weighted by Gasteiger charge is -2.12. The predicted molar refractivity (Wildman–Crippen MR) is 182 cm³/mol. The molecule has 0 bridgehead atoms. The highest BCUT2D eigenvalue weighted by Crippen LogP contribution is 2.30. The van der Waals surface area contributed by atoms with Crippen molar-refractivity contribution < 1.29 is 28.9 Å². The summed E-state index contributed by atoms with van der Waals surface area (Å²) in [5.74, 6) is -0.581. The number of hydrogen-bond donors (Lipinski definition) is 1. The van der Waals surface area contributed by atoms with E-state index in [1.807, 2.05) is 0 Å². The number of esters is 2. The van der Waals surface area contributed by atoms with Gasteiger partial charge in [0.2, 0.25) is 0 Å². The monoisotopic (exact) mass is 623 g/mol. The molecule has 0 aromatic rings. The van der Waals surface area contributed by atoms with E-state index in [9.17, 15) is 14.7 Å². The molecule has 258 valence electrons. The van der Waals surface area contributed by atoms with Crippen LogP contribution < -0.4 is 0 Å². The summed E-state index contributed by atoms with van der Waals surface area (Å²) in [7, 11) is 0. The Labute approximate surface area is 271 Å². The van der Waals surface area contributed by atoms with E-state index in [0.717, 1.165) is 57.8 Å².